The zero-order valence-corrected chi connectivity index (χ0v) is 16.2. The predicted molar refractivity (Wildman–Crippen MR) is 112 cm³/mol. The number of carbonyl (C=O) groups is 2. The number of nitro groups is 1. The van der Waals surface area contributed by atoms with E-state index in [4.69, 9.17) is 15.6 Å². The second kappa shape index (κ2) is 8.00. The van der Waals surface area contributed by atoms with Crippen molar-refractivity contribution in [2.45, 2.75) is 12.0 Å². The van der Waals surface area contributed by atoms with E-state index in [1.807, 2.05) is 48.5 Å². The van der Waals surface area contributed by atoms with Gasteiger partial charge < -0.3 is 15.6 Å². The van der Waals surface area contributed by atoms with E-state index in [9.17, 15) is 19.7 Å². The third-order valence-electron chi connectivity index (χ3n) is 5.42. The molecule has 0 saturated carbocycles. The van der Waals surface area contributed by atoms with Crippen molar-refractivity contribution in [3.05, 3.63) is 99.1 Å². The van der Waals surface area contributed by atoms with Crippen LogP contribution in [0.2, 0.25) is 0 Å². The Balaban J connectivity index is 1.56. The number of ether oxygens (including phenoxy) is 1. The lowest BCUT2D eigenvalue weighted by Gasteiger charge is -2.17. The first kappa shape index (κ1) is 20.2. The molecule has 8 heteroatoms. The van der Waals surface area contributed by atoms with E-state index in [1.165, 1.54) is 12.1 Å². The van der Waals surface area contributed by atoms with Crippen LogP contribution >= 0.6 is 0 Å². The van der Waals surface area contributed by atoms with Crippen molar-refractivity contribution < 1.29 is 24.4 Å². The smallest absolute Gasteiger partial charge is 0.335 e. The Morgan fingerprint density at radius 1 is 1.03 bits per heavy atom. The van der Waals surface area contributed by atoms with Gasteiger partial charge in [-0.1, -0.05) is 48.5 Å². The molecule has 0 aliphatic heterocycles. The Morgan fingerprint density at radius 2 is 1.61 bits per heavy atom. The molecule has 1 unspecified atom stereocenters. The minimum atomic E-state index is -1.42. The number of hydrogen-bond acceptors (Lipinski definition) is 6. The van der Waals surface area contributed by atoms with Gasteiger partial charge in [-0.25, -0.2) is 9.59 Å². The summed E-state index contributed by atoms with van der Waals surface area (Å²) < 4.78 is 5.47. The highest BCUT2D eigenvalue weighted by atomic mass is 16.6. The lowest BCUT2D eigenvalue weighted by Crippen LogP contribution is -2.26. The summed E-state index contributed by atoms with van der Waals surface area (Å²) in [5, 5.41) is 20.4. The molecule has 0 heterocycles. The number of carboxylic acid groups (broad SMARTS) is 1. The molecule has 1 aliphatic carbocycles. The van der Waals surface area contributed by atoms with Crippen LogP contribution in [-0.2, 0) is 9.53 Å². The summed E-state index contributed by atoms with van der Waals surface area (Å²) in [6.45, 7) is 0.0293. The van der Waals surface area contributed by atoms with Crippen LogP contribution in [0.1, 0.15) is 39.0 Å². The number of nitrogens with two attached hydrogens (primary N) is 1. The zero-order chi connectivity index (χ0) is 22.1. The molecule has 8 nitrogen and oxygen atoms in total. The van der Waals surface area contributed by atoms with Gasteiger partial charge in [0.2, 0.25) is 0 Å². The van der Waals surface area contributed by atoms with Gasteiger partial charge in [0.05, 0.1) is 16.1 Å². The van der Waals surface area contributed by atoms with E-state index in [2.05, 4.69) is 0 Å². The van der Waals surface area contributed by atoms with Gasteiger partial charge in [-0.15, -0.1) is 0 Å². The van der Waals surface area contributed by atoms with E-state index in [-0.39, 0.29) is 23.7 Å². The molecule has 31 heavy (non-hydrogen) atoms. The van der Waals surface area contributed by atoms with Gasteiger partial charge in [0, 0.05) is 12.0 Å². The highest BCUT2D eigenvalue weighted by Crippen LogP contribution is 2.44. The van der Waals surface area contributed by atoms with Crippen molar-refractivity contribution >= 4 is 17.6 Å². The number of carbonyl (C=O) groups excluding carboxylic acids is 1. The Labute approximate surface area is 177 Å². The van der Waals surface area contributed by atoms with Crippen LogP contribution in [0, 0.1) is 10.1 Å². The van der Waals surface area contributed by atoms with Crippen LogP contribution in [0.5, 0.6) is 0 Å². The number of benzene rings is 3. The summed E-state index contributed by atoms with van der Waals surface area (Å²) in [6.07, 6.45) is 0. The van der Waals surface area contributed by atoms with Crippen molar-refractivity contribution in [1.82, 2.24) is 0 Å². The standard InChI is InChI=1S/C23H18N2O6/c24-21(18-10-9-13(22(26)27)11-20(18)25(29)30)23(28)31-12-19-16-7-3-1-5-14(16)15-6-2-4-8-17(15)19/h1-11,19,21H,12,24H2,(H,26,27). The monoisotopic (exact) mass is 418 g/mol. The Bertz CT molecular complexity index is 1160. The van der Waals surface area contributed by atoms with Gasteiger partial charge in [-0.2, -0.15) is 0 Å². The molecule has 0 bridgehead atoms. The Kier molecular flexibility index (Phi) is 5.22. The molecule has 0 spiro atoms. The zero-order valence-electron chi connectivity index (χ0n) is 16.2. The minimum absolute atomic E-state index is 0.0293. The van der Waals surface area contributed by atoms with Crippen LogP contribution in [0.25, 0.3) is 11.1 Å². The average molecular weight is 418 g/mol. The summed E-state index contributed by atoms with van der Waals surface area (Å²) in [5.74, 6) is -2.31. The molecule has 0 saturated heterocycles. The SMILES string of the molecule is NC(C(=O)OCC1c2ccccc2-c2ccccc21)c1ccc(C(=O)O)cc1[N+](=O)[O-]. The van der Waals surface area contributed by atoms with Gasteiger partial charge in [-0.05, 0) is 34.4 Å². The van der Waals surface area contributed by atoms with Crippen LogP contribution in [-0.4, -0.2) is 28.6 Å². The van der Waals surface area contributed by atoms with E-state index >= 15 is 0 Å². The number of aromatic carboxylic acids is 1. The van der Waals surface area contributed by atoms with Crippen molar-refractivity contribution in [3.8, 4) is 11.1 Å². The van der Waals surface area contributed by atoms with Gasteiger partial charge in [0.15, 0.2) is 0 Å². The first-order chi connectivity index (χ1) is 14.9. The molecule has 0 aromatic heterocycles. The number of fused-ring (bicyclic) bond motifs is 3. The first-order valence-electron chi connectivity index (χ1n) is 9.50. The number of nitrogens with zero attached hydrogens (tertiary/aromatic N) is 1. The fraction of sp³-hybridized carbons (Fsp3) is 0.130. The maximum Gasteiger partial charge on any atom is 0.335 e. The Morgan fingerprint density at radius 3 is 2.16 bits per heavy atom. The van der Waals surface area contributed by atoms with E-state index in [1.54, 1.807) is 0 Å². The third-order valence-corrected chi connectivity index (χ3v) is 5.42. The molecule has 3 aromatic carbocycles. The molecule has 1 aliphatic rings. The highest BCUT2D eigenvalue weighted by molar-refractivity contribution is 5.89. The van der Waals surface area contributed by atoms with Crippen molar-refractivity contribution in [2.24, 2.45) is 5.73 Å². The molecule has 1 atom stereocenters. The number of carboxylic acids is 1. The van der Waals surface area contributed by atoms with Crippen molar-refractivity contribution in [2.75, 3.05) is 6.61 Å². The van der Waals surface area contributed by atoms with Gasteiger partial charge >= 0.3 is 11.9 Å². The highest BCUT2D eigenvalue weighted by Gasteiger charge is 2.31. The molecule has 156 valence electrons. The fourth-order valence-corrected chi connectivity index (χ4v) is 3.92. The van der Waals surface area contributed by atoms with Crippen LogP contribution in [0.3, 0.4) is 0 Å². The number of esters is 1. The van der Waals surface area contributed by atoms with Gasteiger partial charge in [-0.3, -0.25) is 10.1 Å². The van der Waals surface area contributed by atoms with Crippen LogP contribution in [0.15, 0.2) is 66.7 Å². The summed E-state index contributed by atoms with van der Waals surface area (Å²) >= 11 is 0. The van der Waals surface area contributed by atoms with E-state index in [0.717, 1.165) is 28.3 Å². The largest absolute Gasteiger partial charge is 0.478 e. The summed E-state index contributed by atoms with van der Waals surface area (Å²) in [7, 11) is 0. The third kappa shape index (κ3) is 3.64. The normalized spacial score (nSPS) is 13.2. The lowest BCUT2D eigenvalue weighted by atomic mass is 9.98. The molecule has 0 amide bonds. The predicted octanol–water partition coefficient (Wildman–Crippen LogP) is 3.65. The summed E-state index contributed by atoms with van der Waals surface area (Å²) in [4.78, 5) is 34.3. The molecule has 0 fully saturated rings. The average Bonchev–Trinajstić information content (AvgIpc) is 3.10. The fourth-order valence-electron chi connectivity index (χ4n) is 3.92. The number of rotatable bonds is 6. The Hall–Kier alpha value is -4.04. The molecule has 3 aromatic rings. The maximum atomic E-state index is 12.6. The van der Waals surface area contributed by atoms with Crippen molar-refractivity contribution in [1.29, 1.82) is 0 Å². The lowest BCUT2D eigenvalue weighted by molar-refractivity contribution is -0.385. The second-order valence-electron chi connectivity index (χ2n) is 7.17. The summed E-state index contributed by atoms with van der Waals surface area (Å²) in [5.41, 5.74) is 9.24. The maximum absolute atomic E-state index is 12.6. The minimum Gasteiger partial charge on any atom is -0.478 e. The first-order valence-corrected chi connectivity index (χ1v) is 9.50. The van der Waals surface area contributed by atoms with E-state index < -0.39 is 28.6 Å². The van der Waals surface area contributed by atoms with E-state index in [0.29, 0.717) is 0 Å². The number of nitro benzene ring substituents is 1. The second-order valence-corrected chi connectivity index (χ2v) is 7.17. The molecule has 0 radical (unpaired) electrons. The van der Waals surface area contributed by atoms with Gasteiger partial charge in [0.1, 0.15) is 12.6 Å². The number of hydrogen-bond donors (Lipinski definition) is 2. The topological polar surface area (TPSA) is 133 Å². The summed E-state index contributed by atoms with van der Waals surface area (Å²) in [6, 6.07) is 17.5. The molecular weight excluding hydrogens is 400 g/mol. The molecule has 3 N–H and O–H groups in total. The quantitative estimate of drug-likeness (QED) is 0.355. The van der Waals surface area contributed by atoms with Crippen LogP contribution < -0.4 is 5.73 Å². The molecule has 4 rings (SSSR count). The van der Waals surface area contributed by atoms with Crippen LogP contribution in [0.4, 0.5) is 5.69 Å². The molecular formula is C23H18N2O6. The van der Waals surface area contributed by atoms with Crippen molar-refractivity contribution in [3.63, 3.8) is 0 Å². The van der Waals surface area contributed by atoms with Gasteiger partial charge in [0.25, 0.3) is 5.69 Å².